The second-order valence-corrected chi connectivity index (χ2v) is 3.95. The van der Waals surface area contributed by atoms with Crippen molar-refractivity contribution in [1.82, 2.24) is 0 Å². The Kier molecular flexibility index (Phi) is 5.66. The highest BCUT2D eigenvalue weighted by Crippen LogP contribution is 2.33. The first-order valence-corrected chi connectivity index (χ1v) is 6.72. The van der Waals surface area contributed by atoms with Gasteiger partial charge in [0.1, 0.15) is 6.07 Å². The molecule has 0 aromatic heterocycles. The maximum Gasteiger partial charge on any atom is 0.178 e. The maximum atomic E-state index is 11.7. The van der Waals surface area contributed by atoms with Crippen LogP contribution in [0.2, 0.25) is 0 Å². The van der Waals surface area contributed by atoms with Crippen LogP contribution in [0.15, 0.2) is 12.1 Å². The SMILES string of the molecule is CCOc1cc(C(=O)CBr)cc(C#N)c1OCC. The number of carbonyl (C=O) groups excluding carboxylic acids is 1. The summed E-state index contributed by atoms with van der Waals surface area (Å²) in [5.41, 5.74) is 0.752. The predicted octanol–water partition coefficient (Wildman–Crippen LogP) is 2.93. The molecule has 1 rings (SSSR count). The largest absolute Gasteiger partial charge is 0.490 e. The van der Waals surface area contributed by atoms with Crippen molar-refractivity contribution < 1.29 is 14.3 Å². The molecule has 0 heterocycles. The first kappa shape index (κ1) is 14.5. The summed E-state index contributed by atoms with van der Waals surface area (Å²) in [6.07, 6.45) is 0. The molecule has 0 saturated heterocycles. The molecule has 0 unspecified atom stereocenters. The van der Waals surface area contributed by atoms with Crippen molar-refractivity contribution in [1.29, 1.82) is 5.26 Å². The summed E-state index contributed by atoms with van der Waals surface area (Å²) in [4.78, 5) is 11.7. The Labute approximate surface area is 115 Å². The molecule has 5 heteroatoms. The summed E-state index contributed by atoms with van der Waals surface area (Å²) >= 11 is 3.11. The second kappa shape index (κ2) is 7.02. The van der Waals surface area contributed by atoms with E-state index in [1.165, 1.54) is 6.07 Å². The number of ketones is 1. The second-order valence-electron chi connectivity index (χ2n) is 3.39. The third-order valence-corrected chi connectivity index (χ3v) is 2.72. The van der Waals surface area contributed by atoms with Crippen molar-refractivity contribution >= 4 is 21.7 Å². The first-order chi connectivity index (χ1) is 8.67. The molecule has 0 aliphatic rings. The Hall–Kier alpha value is -1.54. The van der Waals surface area contributed by atoms with E-state index in [4.69, 9.17) is 14.7 Å². The van der Waals surface area contributed by atoms with Crippen LogP contribution in [0.4, 0.5) is 0 Å². The predicted molar refractivity (Wildman–Crippen MR) is 71.6 cm³/mol. The average Bonchev–Trinajstić information content (AvgIpc) is 2.39. The van der Waals surface area contributed by atoms with E-state index in [1.54, 1.807) is 6.07 Å². The minimum Gasteiger partial charge on any atom is -0.490 e. The molecule has 4 nitrogen and oxygen atoms in total. The zero-order chi connectivity index (χ0) is 13.5. The minimum absolute atomic E-state index is 0.101. The number of carbonyl (C=O) groups is 1. The molecule has 0 bridgehead atoms. The van der Waals surface area contributed by atoms with Crippen molar-refractivity contribution in [3.05, 3.63) is 23.3 Å². The number of nitriles is 1. The Morgan fingerprint density at radius 1 is 1.33 bits per heavy atom. The highest BCUT2D eigenvalue weighted by Gasteiger charge is 2.16. The molecule has 0 saturated carbocycles. The number of alkyl halides is 1. The first-order valence-electron chi connectivity index (χ1n) is 5.60. The van der Waals surface area contributed by atoms with E-state index < -0.39 is 0 Å². The van der Waals surface area contributed by atoms with Crippen LogP contribution >= 0.6 is 15.9 Å². The molecule has 0 aliphatic carbocycles. The normalized spacial score (nSPS) is 9.67. The molecule has 0 fully saturated rings. The average molecular weight is 312 g/mol. The minimum atomic E-state index is -0.101. The van der Waals surface area contributed by atoms with Gasteiger partial charge in [0, 0.05) is 5.56 Å². The van der Waals surface area contributed by atoms with Crippen molar-refractivity contribution in [3.63, 3.8) is 0 Å². The van der Waals surface area contributed by atoms with Gasteiger partial charge in [-0.3, -0.25) is 4.79 Å². The van der Waals surface area contributed by atoms with Crippen molar-refractivity contribution in [2.24, 2.45) is 0 Å². The molecule has 0 spiro atoms. The van der Waals surface area contributed by atoms with Crippen LogP contribution in [0.25, 0.3) is 0 Å². The lowest BCUT2D eigenvalue weighted by Gasteiger charge is -2.13. The number of halogens is 1. The molecule has 0 amide bonds. The number of rotatable bonds is 6. The lowest BCUT2D eigenvalue weighted by molar-refractivity contribution is 0.102. The van der Waals surface area contributed by atoms with Gasteiger partial charge in [-0.2, -0.15) is 5.26 Å². The van der Waals surface area contributed by atoms with Gasteiger partial charge in [-0.05, 0) is 26.0 Å². The van der Waals surface area contributed by atoms with E-state index in [2.05, 4.69) is 15.9 Å². The summed E-state index contributed by atoms with van der Waals surface area (Å²) in [6, 6.07) is 5.16. The number of hydrogen-bond donors (Lipinski definition) is 0. The molecule has 0 radical (unpaired) electrons. The van der Waals surface area contributed by atoms with Crippen LogP contribution in [-0.2, 0) is 0 Å². The van der Waals surface area contributed by atoms with Gasteiger partial charge < -0.3 is 9.47 Å². The van der Waals surface area contributed by atoms with E-state index in [0.717, 1.165) is 0 Å². The van der Waals surface area contributed by atoms with Crippen molar-refractivity contribution in [2.45, 2.75) is 13.8 Å². The third kappa shape index (κ3) is 3.23. The van der Waals surface area contributed by atoms with Crippen LogP contribution < -0.4 is 9.47 Å². The van der Waals surface area contributed by atoms with E-state index in [-0.39, 0.29) is 11.1 Å². The van der Waals surface area contributed by atoms with Gasteiger partial charge in [0.25, 0.3) is 0 Å². The van der Waals surface area contributed by atoms with E-state index in [0.29, 0.717) is 35.8 Å². The summed E-state index contributed by atoms with van der Waals surface area (Å²) in [6.45, 7) is 4.53. The van der Waals surface area contributed by atoms with Gasteiger partial charge in [0.2, 0.25) is 0 Å². The lowest BCUT2D eigenvalue weighted by Crippen LogP contribution is -2.05. The standard InChI is InChI=1S/C13H14BrNO3/c1-3-17-12-6-9(11(16)7-14)5-10(8-15)13(12)18-4-2/h5-6H,3-4,7H2,1-2H3. The van der Waals surface area contributed by atoms with Crippen LogP contribution in [0.5, 0.6) is 11.5 Å². The molecule has 0 aliphatic heterocycles. The molecule has 0 N–H and O–H groups in total. The number of benzene rings is 1. The summed E-state index contributed by atoms with van der Waals surface area (Å²) < 4.78 is 10.8. The molecule has 96 valence electrons. The van der Waals surface area contributed by atoms with Gasteiger partial charge >= 0.3 is 0 Å². The molecule has 0 atom stereocenters. The van der Waals surface area contributed by atoms with Crippen LogP contribution in [0.1, 0.15) is 29.8 Å². The third-order valence-electron chi connectivity index (χ3n) is 2.21. The number of ether oxygens (including phenoxy) is 2. The van der Waals surface area contributed by atoms with E-state index in [1.807, 2.05) is 19.9 Å². The van der Waals surface area contributed by atoms with Crippen molar-refractivity contribution in [3.8, 4) is 17.6 Å². The number of Topliss-reactive ketones (excluding diaryl/α,β-unsaturated/α-hetero) is 1. The van der Waals surface area contributed by atoms with Gasteiger partial charge in [-0.1, -0.05) is 15.9 Å². The molecule has 18 heavy (non-hydrogen) atoms. The van der Waals surface area contributed by atoms with Crippen LogP contribution in [-0.4, -0.2) is 24.3 Å². The maximum absolute atomic E-state index is 11.7. The Bertz CT molecular complexity index is 480. The zero-order valence-corrected chi connectivity index (χ0v) is 11.9. The monoisotopic (exact) mass is 311 g/mol. The number of hydrogen-bond acceptors (Lipinski definition) is 4. The van der Waals surface area contributed by atoms with Gasteiger partial charge in [-0.15, -0.1) is 0 Å². The highest BCUT2D eigenvalue weighted by atomic mass is 79.9. The Balaban J connectivity index is 3.34. The van der Waals surface area contributed by atoms with Gasteiger partial charge in [0.15, 0.2) is 17.3 Å². The van der Waals surface area contributed by atoms with Crippen LogP contribution in [0, 0.1) is 11.3 Å². The smallest absolute Gasteiger partial charge is 0.178 e. The summed E-state index contributed by atoms with van der Waals surface area (Å²) in [5, 5.41) is 9.31. The van der Waals surface area contributed by atoms with Gasteiger partial charge in [-0.25, -0.2) is 0 Å². The van der Waals surface area contributed by atoms with E-state index >= 15 is 0 Å². The van der Waals surface area contributed by atoms with Crippen molar-refractivity contribution in [2.75, 3.05) is 18.5 Å². The number of nitrogens with zero attached hydrogens (tertiary/aromatic N) is 1. The fourth-order valence-corrected chi connectivity index (χ4v) is 1.80. The van der Waals surface area contributed by atoms with Crippen LogP contribution in [0.3, 0.4) is 0 Å². The molecule has 1 aromatic rings. The highest BCUT2D eigenvalue weighted by molar-refractivity contribution is 9.09. The Morgan fingerprint density at radius 3 is 2.50 bits per heavy atom. The fraction of sp³-hybridized carbons (Fsp3) is 0.385. The fourth-order valence-electron chi connectivity index (χ4n) is 1.48. The zero-order valence-electron chi connectivity index (χ0n) is 10.3. The van der Waals surface area contributed by atoms with E-state index in [9.17, 15) is 4.79 Å². The summed E-state index contributed by atoms with van der Waals surface area (Å²) in [7, 11) is 0. The molecular weight excluding hydrogens is 298 g/mol. The lowest BCUT2D eigenvalue weighted by atomic mass is 10.1. The quantitative estimate of drug-likeness (QED) is 0.598. The molecular formula is C13H14BrNO3. The Morgan fingerprint density at radius 2 is 2.00 bits per heavy atom. The molecule has 1 aromatic carbocycles. The topological polar surface area (TPSA) is 59.3 Å². The van der Waals surface area contributed by atoms with Gasteiger partial charge in [0.05, 0.1) is 24.1 Å². The summed E-state index contributed by atoms with van der Waals surface area (Å²) in [5.74, 6) is 0.728.